The van der Waals surface area contributed by atoms with Crippen molar-refractivity contribution >= 4 is 18.3 Å². The smallest absolute Gasteiger partial charge is 0.269 e. The topological polar surface area (TPSA) is 52.4 Å². The molecule has 5 heteroatoms. The largest absolute Gasteiger partial charge is 0.481 e. The second kappa shape index (κ2) is 5.14. The predicted molar refractivity (Wildman–Crippen MR) is 55.4 cm³/mol. The van der Waals surface area contributed by atoms with Gasteiger partial charge in [0.1, 0.15) is 12.4 Å². The van der Waals surface area contributed by atoms with Gasteiger partial charge in [0, 0.05) is 12.1 Å². The molecule has 4 nitrogen and oxygen atoms in total. The molecule has 0 saturated carbocycles. The van der Waals surface area contributed by atoms with Gasteiger partial charge < -0.3 is 4.74 Å². The Labute approximate surface area is 86.4 Å². The van der Waals surface area contributed by atoms with Crippen molar-refractivity contribution in [3.63, 3.8) is 0 Å². The molecule has 1 aromatic carbocycles. The van der Waals surface area contributed by atoms with E-state index in [9.17, 15) is 10.1 Å². The van der Waals surface area contributed by atoms with Crippen LogP contribution in [0.1, 0.15) is 0 Å². The number of non-ortho nitro benzene ring substituents is 1. The molecule has 14 heavy (non-hydrogen) atoms. The summed E-state index contributed by atoms with van der Waals surface area (Å²) in [4.78, 5) is 9.84. The Morgan fingerprint density at radius 3 is 2.57 bits per heavy atom. The van der Waals surface area contributed by atoms with Crippen LogP contribution in [0.15, 0.2) is 24.3 Å². The molecule has 0 aromatic heterocycles. The summed E-state index contributed by atoms with van der Waals surface area (Å²) in [5, 5.41) is 12.7. The highest BCUT2D eigenvalue weighted by molar-refractivity contribution is 7.85. The zero-order valence-electron chi connectivity index (χ0n) is 7.14. The Morgan fingerprint density at radius 1 is 1.43 bits per heavy atom. The van der Waals surface area contributed by atoms with E-state index in [1.807, 2.05) is 0 Å². The van der Waals surface area contributed by atoms with Gasteiger partial charge in [-0.1, -0.05) is 18.5 Å². The molecular weight excluding hydrogens is 202 g/mol. The van der Waals surface area contributed by atoms with E-state index in [1.165, 1.54) is 24.3 Å². The Kier molecular flexibility index (Phi) is 3.83. The molecule has 0 aliphatic rings. The second-order valence-electron chi connectivity index (χ2n) is 2.33. The van der Waals surface area contributed by atoms with E-state index in [-0.39, 0.29) is 12.3 Å². The van der Waals surface area contributed by atoms with Gasteiger partial charge in [-0.2, -0.15) is 0 Å². The summed E-state index contributed by atoms with van der Waals surface area (Å²) in [6, 6.07) is 5.81. The normalized spacial score (nSPS) is 8.64. The lowest BCUT2D eigenvalue weighted by Gasteiger charge is -2.00. The summed E-state index contributed by atoms with van der Waals surface area (Å²) in [5.74, 6) is 3.14. The van der Waals surface area contributed by atoms with Gasteiger partial charge in [-0.15, -0.1) is 0 Å². The maximum Gasteiger partial charge on any atom is 0.269 e. The van der Waals surface area contributed by atoms with E-state index in [0.717, 1.165) is 0 Å². The maximum atomic E-state index is 10.3. The minimum absolute atomic E-state index is 0.0395. The van der Waals surface area contributed by atoms with Gasteiger partial charge in [0.2, 0.25) is 0 Å². The molecular formula is C9H7NO3S. The van der Waals surface area contributed by atoms with Gasteiger partial charge in [-0.25, -0.2) is 0 Å². The molecule has 0 aliphatic heterocycles. The van der Waals surface area contributed by atoms with Crippen molar-refractivity contribution in [1.82, 2.24) is 0 Å². The van der Waals surface area contributed by atoms with E-state index in [1.54, 1.807) is 0 Å². The predicted octanol–water partition coefficient (Wildman–Crippen LogP) is 1.86. The molecule has 1 aromatic rings. The Morgan fingerprint density at radius 2 is 2.07 bits per heavy atom. The first-order valence-corrected chi connectivity index (χ1v) is 4.18. The van der Waals surface area contributed by atoms with Crippen LogP contribution in [0, 0.1) is 21.3 Å². The standard InChI is InChI=1S/C9H7NO3S/c11-10(12)8-2-4-9(5-3-8)13-6-1-7-14/h2-5,14H,6H2. The quantitative estimate of drug-likeness (QED) is 0.358. The van der Waals surface area contributed by atoms with Crippen LogP contribution in [0.25, 0.3) is 0 Å². The average molecular weight is 209 g/mol. The third-order valence-corrected chi connectivity index (χ3v) is 1.60. The number of ether oxygens (including phenoxy) is 1. The number of nitrogens with zero attached hydrogens (tertiary/aromatic N) is 1. The van der Waals surface area contributed by atoms with Crippen molar-refractivity contribution < 1.29 is 9.66 Å². The van der Waals surface area contributed by atoms with Crippen LogP contribution >= 0.6 is 12.6 Å². The van der Waals surface area contributed by atoms with Crippen LogP contribution in [0.3, 0.4) is 0 Å². The summed E-state index contributed by atoms with van der Waals surface area (Å²) in [6.45, 7) is 0.224. The van der Waals surface area contributed by atoms with E-state index in [4.69, 9.17) is 4.74 Å². The van der Waals surface area contributed by atoms with Gasteiger partial charge in [0.15, 0.2) is 0 Å². The minimum Gasteiger partial charge on any atom is -0.481 e. The van der Waals surface area contributed by atoms with Crippen LogP contribution in [0.5, 0.6) is 5.75 Å². The number of thiol groups is 1. The molecule has 0 unspecified atom stereocenters. The minimum atomic E-state index is -0.461. The number of hydrogen-bond acceptors (Lipinski definition) is 4. The van der Waals surface area contributed by atoms with E-state index in [2.05, 4.69) is 23.8 Å². The first-order valence-electron chi connectivity index (χ1n) is 3.73. The van der Waals surface area contributed by atoms with Crippen LogP contribution in [-0.2, 0) is 0 Å². The molecule has 0 radical (unpaired) electrons. The first-order chi connectivity index (χ1) is 6.74. The molecule has 0 aliphatic carbocycles. The third-order valence-electron chi connectivity index (χ3n) is 1.44. The van der Waals surface area contributed by atoms with Crippen molar-refractivity contribution in [3.8, 4) is 16.9 Å². The second-order valence-corrected chi connectivity index (χ2v) is 2.55. The molecule has 0 spiro atoms. The van der Waals surface area contributed by atoms with Crippen LogP contribution < -0.4 is 4.74 Å². The summed E-state index contributed by atoms with van der Waals surface area (Å²) >= 11 is 3.68. The van der Waals surface area contributed by atoms with E-state index in [0.29, 0.717) is 5.75 Å². The molecule has 0 bridgehead atoms. The van der Waals surface area contributed by atoms with Gasteiger partial charge in [0.05, 0.1) is 4.92 Å². The van der Waals surface area contributed by atoms with Crippen LogP contribution in [-0.4, -0.2) is 11.5 Å². The van der Waals surface area contributed by atoms with Crippen molar-refractivity contribution in [2.45, 2.75) is 0 Å². The summed E-state index contributed by atoms with van der Waals surface area (Å²) in [5.41, 5.74) is 0.0395. The Balaban J connectivity index is 2.62. The Bertz CT molecular complexity index is 377. The summed E-state index contributed by atoms with van der Waals surface area (Å²) in [7, 11) is 0. The SMILES string of the molecule is O=[N+]([O-])c1ccc(OCC#CS)cc1. The molecule has 0 fully saturated rings. The lowest BCUT2D eigenvalue weighted by atomic mass is 10.3. The van der Waals surface area contributed by atoms with E-state index >= 15 is 0 Å². The van der Waals surface area contributed by atoms with Crippen LogP contribution in [0.2, 0.25) is 0 Å². The highest BCUT2D eigenvalue weighted by Gasteiger charge is 2.03. The Hall–Kier alpha value is -1.67. The van der Waals surface area contributed by atoms with Crippen molar-refractivity contribution in [1.29, 1.82) is 0 Å². The van der Waals surface area contributed by atoms with E-state index < -0.39 is 4.92 Å². The van der Waals surface area contributed by atoms with Crippen molar-refractivity contribution in [2.75, 3.05) is 6.61 Å². The molecule has 0 atom stereocenters. The fourth-order valence-electron chi connectivity index (χ4n) is 0.816. The summed E-state index contributed by atoms with van der Waals surface area (Å²) in [6.07, 6.45) is 0. The number of rotatable bonds is 3. The first kappa shape index (κ1) is 10.4. The molecule has 72 valence electrons. The zero-order chi connectivity index (χ0) is 10.4. The number of benzene rings is 1. The molecule has 1 rings (SSSR count). The summed E-state index contributed by atoms with van der Waals surface area (Å²) < 4.78 is 5.14. The molecule has 0 saturated heterocycles. The van der Waals surface area contributed by atoms with Crippen LogP contribution in [0.4, 0.5) is 5.69 Å². The van der Waals surface area contributed by atoms with Crippen molar-refractivity contribution in [3.05, 3.63) is 34.4 Å². The third kappa shape index (κ3) is 2.99. The number of nitro groups is 1. The van der Waals surface area contributed by atoms with Crippen molar-refractivity contribution in [2.24, 2.45) is 0 Å². The number of nitro benzene ring substituents is 1. The maximum absolute atomic E-state index is 10.3. The monoisotopic (exact) mass is 209 g/mol. The average Bonchev–Trinajstić information content (AvgIpc) is 2.19. The molecule has 0 N–H and O–H groups in total. The highest BCUT2D eigenvalue weighted by atomic mass is 32.1. The van der Waals surface area contributed by atoms with Gasteiger partial charge in [0.25, 0.3) is 5.69 Å². The number of hydrogen-bond donors (Lipinski definition) is 1. The molecule has 0 heterocycles. The zero-order valence-corrected chi connectivity index (χ0v) is 8.03. The fraction of sp³-hybridized carbons (Fsp3) is 0.111. The lowest BCUT2D eigenvalue weighted by Crippen LogP contribution is -1.94. The van der Waals surface area contributed by atoms with Gasteiger partial charge >= 0.3 is 0 Å². The lowest BCUT2D eigenvalue weighted by molar-refractivity contribution is -0.384. The fourth-order valence-corrected chi connectivity index (χ4v) is 0.880. The molecule has 0 amide bonds. The highest BCUT2D eigenvalue weighted by Crippen LogP contribution is 2.16. The van der Waals surface area contributed by atoms with Gasteiger partial charge in [-0.3, -0.25) is 10.1 Å². The van der Waals surface area contributed by atoms with Gasteiger partial charge in [-0.05, 0) is 17.4 Å².